The lowest BCUT2D eigenvalue weighted by molar-refractivity contribution is -0.141. The molecule has 1 unspecified atom stereocenters. The Morgan fingerprint density at radius 3 is 2.15 bits per heavy atom. The van der Waals surface area contributed by atoms with E-state index in [1.54, 1.807) is 61.5 Å². The molecule has 3 aromatic rings. The van der Waals surface area contributed by atoms with Crippen LogP contribution < -0.4 is 9.62 Å². The van der Waals surface area contributed by atoms with Crippen LogP contribution in [0.1, 0.15) is 50.8 Å². The lowest BCUT2D eigenvalue weighted by Crippen LogP contribution is -2.55. The van der Waals surface area contributed by atoms with Gasteiger partial charge in [0.05, 0.1) is 10.6 Å². The predicted molar refractivity (Wildman–Crippen MR) is 166 cm³/mol. The van der Waals surface area contributed by atoms with E-state index in [1.165, 1.54) is 17.0 Å². The molecule has 2 amide bonds. The third kappa shape index (κ3) is 8.24. The molecule has 0 bridgehead atoms. The molecule has 1 N–H and O–H groups in total. The van der Waals surface area contributed by atoms with Crippen LogP contribution in [-0.2, 0) is 26.2 Å². The predicted octanol–water partition coefficient (Wildman–Crippen LogP) is 6.53. The SMILES string of the molecule is CCC(C(=O)NC(C)(C)C)N(Cc1ccccc1Cl)C(=O)CN(c1ccc(Cl)cc1C)S(=O)(=O)c1ccc(C)cc1. The molecule has 3 aromatic carbocycles. The molecule has 0 heterocycles. The van der Waals surface area contributed by atoms with Crippen molar-refractivity contribution in [3.8, 4) is 0 Å². The zero-order valence-electron chi connectivity index (χ0n) is 24.2. The zero-order valence-corrected chi connectivity index (χ0v) is 26.6. The normalized spacial score (nSPS) is 12.5. The van der Waals surface area contributed by atoms with E-state index in [2.05, 4.69) is 5.32 Å². The van der Waals surface area contributed by atoms with Crippen LogP contribution in [0.5, 0.6) is 0 Å². The molecule has 0 spiro atoms. The highest BCUT2D eigenvalue weighted by Gasteiger charge is 2.35. The second-order valence-corrected chi connectivity index (χ2v) is 13.7. The molecular weight excluding hydrogens is 581 g/mol. The van der Waals surface area contributed by atoms with E-state index in [-0.39, 0.29) is 17.3 Å². The third-order valence-electron chi connectivity index (χ3n) is 6.50. The van der Waals surface area contributed by atoms with Gasteiger partial charge in [0.25, 0.3) is 10.0 Å². The fraction of sp³-hybridized carbons (Fsp3) is 0.355. The van der Waals surface area contributed by atoms with E-state index in [0.29, 0.717) is 33.3 Å². The number of aryl methyl sites for hydroxylation is 2. The van der Waals surface area contributed by atoms with E-state index in [0.717, 1.165) is 9.87 Å². The van der Waals surface area contributed by atoms with Crippen molar-refractivity contribution in [2.45, 2.75) is 71.0 Å². The number of hydrogen-bond acceptors (Lipinski definition) is 4. The zero-order chi connectivity index (χ0) is 30.5. The Hall–Kier alpha value is -3.07. The molecule has 10 heteroatoms. The van der Waals surface area contributed by atoms with Gasteiger partial charge in [-0.05, 0) is 88.6 Å². The van der Waals surface area contributed by atoms with Gasteiger partial charge in [0.15, 0.2) is 0 Å². The van der Waals surface area contributed by atoms with Gasteiger partial charge in [0.1, 0.15) is 12.6 Å². The van der Waals surface area contributed by atoms with Crippen molar-refractivity contribution in [2.75, 3.05) is 10.8 Å². The first kappa shape index (κ1) is 32.4. The summed E-state index contributed by atoms with van der Waals surface area (Å²) in [6, 6.07) is 17.4. The molecule has 0 radical (unpaired) electrons. The number of rotatable bonds is 10. The van der Waals surface area contributed by atoms with Crippen LogP contribution in [-0.4, -0.2) is 43.3 Å². The Labute approximate surface area is 253 Å². The second kappa shape index (κ2) is 13.3. The van der Waals surface area contributed by atoms with Crippen LogP contribution in [0.2, 0.25) is 10.0 Å². The van der Waals surface area contributed by atoms with Gasteiger partial charge in [0, 0.05) is 22.1 Å². The number of nitrogens with one attached hydrogen (secondary N) is 1. The van der Waals surface area contributed by atoms with Gasteiger partial charge >= 0.3 is 0 Å². The molecule has 1 atom stereocenters. The molecule has 0 saturated heterocycles. The minimum absolute atomic E-state index is 0.0204. The van der Waals surface area contributed by atoms with E-state index in [9.17, 15) is 18.0 Å². The van der Waals surface area contributed by atoms with Gasteiger partial charge in [-0.2, -0.15) is 0 Å². The Balaban J connectivity index is 2.12. The van der Waals surface area contributed by atoms with Crippen molar-refractivity contribution >= 4 is 50.7 Å². The number of halogens is 2. The smallest absolute Gasteiger partial charge is 0.264 e. The summed E-state index contributed by atoms with van der Waals surface area (Å²) in [5.74, 6) is -0.887. The minimum Gasteiger partial charge on any atom is -0.350 e. The first-order valence-corrected chi connectivity index (χ1v) is 15.5. The second-order valence-electron chi connectivity index (χ2n) is 11.0. The maximum atomic E-state index is 14.2. The van der Waals surface area contributed by atoms with E-state index >= 15 is 0 Å². The van der Waals surface area contributed by atoms with Gasteiger partial charge in [-0.25, -0.2) is 8.42 Å². The Morgan fingerprint density at radius 1 is 0.951 bits per heavy atom. The first-order chi connectivity index (χ1) is 19.1. The number of sulfonamides is 1. The topological polar surface area (TPSA) is 86.8 Å². The number of amides is 2. The summed E-state index contributed by atoms with van der Waals surface area (Å²) in [5, 5.41) is 3.83. The standard InChI is InChI=1S/C31H37Cl2N3O4S/c1-7-27(30(38)34-31(4,5)6)35(19-23-10-8-9-11-26(23)33)29(37)20-36(28-17-14-24(32)18-22(28)3)41(39,40)25-15-12-21(2)13-16-25/h8-18,27H,7,19-20H2,1-6H3,(H,34,38). The Morgan fingerprint density at radius 2 is 1.59 bits per heavy atom. The van der Waals surface area contributed by atoms with Crippen LogP contribution in [0.25, 0.3) is 0 Å². The van der Waals surface area contributed by atoms with E-state index in [1.807, 2.05) is 34.6 Å². The number of hydrogen-bond donors (Lipinski definition) is 1. The lowest BCUT2D eigenvalue weighted by atomic mass is 10.1. The number of carbonyl (C=O) groups excluding carboxylic acids is 2. The van der Waals surface area contributed by atoms with Crippen molar-refractivity contribution in [1.82, 2.24) is 10.2 Å². The van der Waals surface area contributed by atoms with Gasteiger partial charge in [-0.1, -0.05) is 66.0 Å². The van der Waals surface area contributed by atoms with Gasteiger partial charge in [0.2, 0.25) is 11.8 Å². The maximum Gasteiger partial charge on any atom is 0.264 e. The van der Waals surface area contributed by atoms with E-state index < -0.39 is 34.1 Å². The summed E-state index contributed by atoms with van der Waals surface area (Å²) in [6.45, 7) is 10.5. The summed E-state index contributed by atoms with van der Waals surface area (Å²) < 4.78 is 29.2. The number of carbonyl (C=O) groups is 2. The van der Waals surface area contributed by atoms with Gasteiger partial charge in [-0.15, -0.1) is 0 Å². The van der Waals surface area contributed by atoms with Crippen molar-refractivity contribution in [3.05, 3.63) is 93.5 Å². The van der Waals surface area contributed by atoms with Crippen molar-refractivity contribution in [3.63, 3.8) is 0 Å². The number of nitrogens with zero attached hydrogens (tertiary/aromatic N) is 2. The van der Waals surface area contributed by atoms with Crippen molar-refractivity contribution in [1.29, 1.82) is 0 Å². The molecular formula is C31H37Cl2N3O4S. The molecule has 0 aliphatic carbocycles. The largest absolute Gasteiger partial charge is 0.350 e. The Kier molecular flexibility index (Phi) is 10.5. The molecule has 0 fully saturated rings. The first-order valence-electron chi connectivity index (χ1n) is 13.3. The summed E-state index contributed by atoms with van der Waals surface area (Å²) in [4.78, 5) is 29.1. The lowest BCUT2D eigenvalue weighted by Gasteiger charge is -2.35. The third-order valence-corrected chi connectivity index (χ3v) is 8.88. The number of benzene rings is 3. The van der Waals surface area contributed by atoms with Crippen LogP contribution in [0, 0.1) is 13.8 Å². The van der Waals surface area contributed by atoms with Crippen molar-refractivity contribution < 1.29 is 18.0 Å². The highest BCUT2D eigenvalue weighted by molar-refractivity contribution is 7.92. The molecule has 3 rings (SSSR count). The molecule has 0 aromatic heterocycles. The summed E-state index contributed by atoms with van der Waals surface area (Å²) in [7, 11) is -4.18. The van der Waals surface area contributed by atoms with Crippen LogP contribution >= 0.6 is 23.2 Å². The summed E-state index contributed by atoms with van der Waals surface area (Å²) in [5.41, 5.74) is 1.89. The van der Waals surface area contributed by atoms with E-state index in [4.69, 9.17) is 23.2 Å². The fourth-order valence-corrected chi connectivity index (χ4v) is 6.33. The quantitative estimate of drug-likeness (QED) is 0.280. The highest BCUT2D eigenvalue weighted by Crippen LogP contribution is 2.30. The molecule has 7 nitrogen and oxygen atoms in total. The van der Waals surface area contributed by atoms with Crippen LogP contribution in [0.4, 0.5) is 5.69 Å². The molecule has 41 heavy (non-hydrogen) atoms. The summed E-state index contributed by atoms with van der Waals surface area (Å²) in [6.07, 6.45) is 0.308. The fourth-order valence-electron chi connectivity index (χ4n) is 4.43. The van der Waals surface area contributed by atoms with Crippen LogP contribution in [0.15, 0.2) is 71.6 Å². The van der Waals surface area contributed by atoms with Gasteiger partial charge in [-0.3, -0.25) is 13.9 Å². The monoisotopic (exact) mass is 617 g/mol. The summed E-state index contributed by atoms with van der Waals surface area (Å²) >= 11 is 12.6. The van der Waals surface area contributed by atoms with Crippen LogP contribution in [0.3, 0.4) is 0 Å². The van der Waals surface area contributed by atoms with Crippen molar-refractivity contribution in [2.24, 2.45) is 0 Å². The molecule has 0 aliphatic heterocycles. The minimum atomic E-state index is -4.18. The average Bonchev–Trinajstić information content (AvgIpc) is 2.87. The van der Waals surface area contributed by atoms with Gasteiger partial charge < -0.3 is 10.2 Å². The molecule has 220 valence electrons. The average molecular weight is 619 g/mol. The highest BCUT2D eigenvalue weighted by atomic mass is 35.5. The maximum absolute atomic E-state index is 14.2. The molecule has 0 saturated carbocycles. The number of anilines is 1. The Bertz CT molecular complexity index is 1500. The molecule has 0 aliphatic rings.